The van der Waals surface area contributed by atoms with Crippen LogP contribution in [0.3, 0.4) is 0 Å². The minimum absolute atomic E-state index is 0.120. The zero-order chi connectivity index (χ0) is 16.3. The molecule has 0 fully saturated rings. The first kappa shape index (κ1) is 15.6. The zero-order valence-corrected chi connectivity index (χ0v) is 12.5. The Morgan fingerprint density at radius 3 is 2.73 bits per heavy atom. The van der Waals surface area contributed by atoms with Crippen LogP contribution in [0, 0.1) is 18.3 Å². The van der Waals surface area contributed by atoms with E-state index in [0.29, 0.717) is 10.6 Å². The number of aromatic nitrogens is 1. The molecule has 0 spiro atoms. The second-order valence-electron chi connectivity index (χ2n) is 4.27. The Morgan fingerprint density at radius 1 is 1.45 bits per heavy atom. The largest absolute Gasteiger partial charge is 0.505 e. The number of halogens is 1. The minimum atomic E-state index is -0.953. The Hall–Kier alpha value is -2.78. The fraction of sp³-hybridized carbons (Fsp3) is 0.133. The number of carbonyl (C=O) groups is 1. The van der Waals surface area contributed by atoms with E-state index in [2.05, 4.69) is 9.89 Å². The number of benzene rings is 1. The third-order valence-electron chi connectivity index (χ3n) is 2.97. The first-order chi connectivity index (χ1) is 10.5. The molecule has 0 radical (unpaired) electrons. The molecule has 1 aromatic heterocycles. The van der Waals surface area contributed by atoms with Crippen LogP contribution in [-0.2, 0) is 9.53 Å². The van der Waals surface area contributed by atoms with Gasteiger partial charge in [-0.05, 0) is 13.0 Å². The van der Waals surface area contributed by atoms with E-state index in [0.717, 1.165) is 7.11 Å². The van der Waals surface area contributed by atoms with Crippen molar-refractivity contribution in [3.63, 3.8) is 0 Å². The highest BCUT2D eigenvalue weighted by atomic mass is 35.5. The van der Waals surface area contributed by atoms with Crippen LogP contribution in [-0.4, -0.2) is 23.3 Å². The molecular weight excluding hydrogens is 308 g/mol. The summed E-state index contributed by atoms with van der Waals surface area (Å²) in [7, 11) is 1.11. The molecule has 0 aliphatic heterocycles. The van der Waals surface area contributed by atoms with Crippen LogP contribution < -0.4 is 0 Å². The van der Waals surface area contributed by atoms with Crippen LogP contribution in [0.2, 0.25) is 5.02 Å². The number of esters is 1. The Kier molecular flexibility index (Phi) is 4.49. The second kappa shape index (κ2) is 6.33. The molecule has 2 rings (SSSR count). The predicted molar refractivity (Wildman–Crippen MR) is 78.9 cm³/mol. The summed E-state index contributed by atoms with van der Waals surface area (Å²) in [6, 6.07) is 8.42. The molecule has 0 amide bonds. The van der Waals surface area contributed by atoms with Gasteiger partial charge in [0.05, 0.1) is 17.7 Å². The molecule has 7 heteroatoms. The number of hydrogen-bond acceptors (Lipinski definition) is 6. The molecule has 0 saturated heterocycles. The smallest absolute Gasteiger partial charge is 0.352 e. The Bertz CT molecular complexity index is 802. The fourth-order valence-electron chi connectivity index (χ4n) is 1.91. The number of ether oxygens (including phenoxy) is 1. The van der Waals surface area contributed by atoms with E-state index in [-0.39, 0.29) is 17.0 Å². The maximum atomic E-state index is 11.6. The van der Waals surface area contributed by atoms with Gasteiger partial charge in [-0.1, -0.05) is 35.0 Å². The molecule has 0 atom stereocenters. The molecule has 0 saturated carbocycles. The van der Waals surface area contributed by atoms with Crippen LogP contribution in [0.25, 0.3) is 17.0 Å². The summed E-state index contributed by atoms with van der Waals surface area (Å²) >= 11 is 6.11. The number of hydrogen-bond donors (Lipinski definition) is 1. The van der Waals surface area contributed by atoms with Crippen molar-refractivity contribution in [1.29, 1.82) is 5.26 Å². The molecule has 1 aromatic carbocycles. The lowest BCUT2D eigenvalue weighted by atomic mass is 10.0. The van der Waals surface area contributed by atoms with Crippen LogP contribution in [0.15, 0.2) is 34.4 Å². The van der Waals surface area contributed by atoms with Gasteiger partial charge in [-0.3, -0.25) is 0 Å². The molecule has 2 aromatic rings. The number of aliphatic hydroxyl groups is 1. The quantitative estimate of drug-likeness (QED) is 0.404. The molecule has 1 N–H and O–H groups in total. The molecule has 112 valence electrons. The van der Waals surface area contributed by atoms with E-state index < -0.39 is 17.3 Å². The summed E-state index contributed by atoms with van der Waals surface area (Å²) in [4.78, 5) is 11.6. The minimum Gasteiger partial charge on any atom is -0.505 e. The molecule has 0 aliphatic carbocycles. The van der Waals surface area contributed by atoms with Gasteiger partial charge < -0.3 is 14.4 Å². The number of rotatable bonds is 3. The van der Waals surface area contributed by atoms with Gasteiger partial charge in [-0.25, -0.2) is 4.79 Å². The van der Waals surface area contributed by atoms with Crippen LogP contribution in [0.1, 0.15) is 11.3 Å². The van der Waals surface area contributed by atoms with Crippen molar-refractivity contribution >= 4 is 23.3 Å². The van der Waals surface area contributed by atoms with Crippen molar-refractivity contribution in [3.8, 4) is 17.3 Å². The van der Waals surface area contributed by atoms with Gasteiger partial charge in [0.15, 0.2) is 11.3 Å². The summed E-state index contributed by atoms with van der Waals surface area (Å²) in [5.74, 6) is -1.28. The third kappa shape index (κ3) is 2.67. The van der Waals surface area contributed by atoms with Crippen molar-refractivity contribution in [2.45, 2.75) is 6.92 Å². The maximum Gasteiger partial charge on any atom is 0.352 e. The molecule has 22 heavy (non-hydrogen) atoms. The number of nitriles is 1. The topological polar surface area (TPSA) is 96.4 Å². The monoisotopic (exact) mass is 318 g/mol. The van der Waals surface area contributed by atoms with E-state index in [1.165, 1.54) is 0 Å². The Morgan fingerprint density at radius 2 is 2.14 bits per heavy atom. The molecule has 6 nitrogen and oxygen atoms in total. The lowest BCUT2D eigenvalue weighted by Crippen LogP contribution is -2.06. The standard InChI is InChI=1S/C15H11ClN2O4/c1-8-12(14(19)10(7-17)15(20)21-2)13(18-22-8)9-5-3-4-6-11(9)16/h3-6,19H,1-2H3/b14-10-. The van der Waals surface area contributed by atoms with Crippen LogP contribution in [0.4, 0.5) is 0 Å². The van der Waals surface area contributed by atoms with Gasteiger partial charge in [-0.2, -0.15) is 5.26 Å². The highest BCUT2D eigenvalue weighted by Gasteiger charge is 2.25. The number of aliphatic hydroxyl groups excluding tert-OH is 1. The van der Waals surface area contributed by atoms with Crippen LogP contribution >= 0.6 is 11.6 Å². The zero-order valence-electron chi connectivity index (χ0n) is 11.8. The summed E-state index contributed by atoms with van der Waals surface area (Å²) in [5, 5.41) is 23.6. The average Bonchev–Trinajstić information content (AvgIpc) is 2.89. The van der Waals surface area contributed by atoms with Crippen molar-refractivity contribution in [3.05, 3.63) is 46.2 Å². The number of aryl methyl sites for hydroxylation is 1. The number of methoxy groups -OCH3 is 1. The van der Waals surface area contributed by atoms with E-state index in [9.17, 15) is 9.90 Å². The van der Waals surface area contributed by atoms with Gasteiger partial charge in [0.25, 0.3) is 0 Å². The predicted octanol–water partition coefficient (Wildman–Crippen LogP) is 3.27. The van der Waals surface area contributed by atoms with Gasteiger partial charge in [-0.15, -0.1) is 0 Å². The van der Waals surface area contributed by atoms with Gasteiger partial charge in [0, 0.05) is 5.56 Å². The SMILES string of the molecule is COC(=O)/C(C#N)=C(\O)c1c(-c2ccccc2Cl)noc1C. The highest BCUT2D eigenvalue weighted by Crippen LogP contribution is 2.35. The second-order valence-corrected chi connectivity index (χ2v) is 4.68. The number of carbonyl (C=O) groups excluding carboxylic acids is 1. The molecule has 0 aliphatic rings. The molecule has 0 bridgehead atoms. The normalized spacial score (nSPS) is 11.5. The summed E-state index contributed by atoms with van der Waals surface area (Å²) < 4.78 is 9.55. The van der Waals surface area contributed by atoms with E-state index in [4.69, 9.17) is 21.4 Å². The van der Waals surface area contributed by atoms with Crippen LogP contribution in [0.5, 0.6) is 0 Å². The summed E-state index contributed by atoms with van der Waals surface area (Å²) in [5.41, 5.74) is 0.319. The van der Waals surface area contributed by atoms with Crippen molar-refractivity contribution < 1.29 is 19.2 Å². The van der Waals surface area contributed by atoms with Gasteiger partial charge in [0.1, 0.15) is 17.5 Å². The van der Waals surface area contributed by atoms with Crippen molar-refractivity contribution in [2.75, 3.05) is 7.11 Å². The first-order valence-electron chi connectivity index (χ1n) is 6.14. The maximum absolute atomic E-state index is 11.6. The van der Waals surface area contributed by atoms with Crippen molar-refractivity contribution in [1.82, 2.24) is 5.16 Å². The summed E-state index contributed by atoms with van der Waals surface area (Å²) in [6.07, 6.45) is 0. The molecular formula is C15H11ClN2O4. The van der Waals surface area contributed by atoms with Crippen molar-refractivity contribution in [2.24, 2.45) is 0 Å². The first-order valence-corrected chi connectivity index (χ1v) is 6.52. The fourth-order valence-corrected chi connectivity index (χ4v) is 2.14. The van der Waals surface area contributed by atoms with E-state index in [1.54, 1.807) is 37.3 Å². The van der Waals surface area contributed by atoms with E-state index in [1.807, 2.05) is 0 Å². The molecule has 1 heterocycles. The Labute approximate surface area is 131 Å². The molecule has 0 unspecified atom stereocenters. The Balaban J connectivity index is 2.71. The average molecular weight is 319 g/mol. The van der Waals surface area contributed by atoms with E-state index >= 15 is 0 Å². The summed E-state index contributed by atoms with van der Waals surface area (Å²) in [6.45, 7) is 1.55. The number of nitrogens with zero attached hydrogens (tertiary/aromatic N) is 2. The lowest BCUT2D eigenvalue weighted by molar-refractivity contribution is -0.135. The third-order valence-corrected chi connectivity index (χ3v) is 3.30. The lowest BCUT2D eigenvalue weighted by Gasteiger charge is -2.05. The van der Waals surface area contributed by atoms with Gasteiger partial charge >= 0.3 is 5.97 Å². The van der Waals surface area contributed by atoms with Gasteiger partial charge in [0.2, 0.25) is 0 Å². The highest BCUT2D eigenvalue weighted by molar-refractivity contribution is 6.33.